The van der Waals surface area contributed by atoms with Gasteiger partial charge in [-0.3, -0.25) is 4.79 Å². The van der Waals surface area contributed by atoms with Crippen molar-refractivity contribution < 1.29 is 9.53 Å². The van der Waals surface area contributed by atoms with Crippen molar-refractivity contribution in [2.24, 2.45) is 0 Å². The van der Waals surface area contributed by atoms with Crippen molar-refractivity contribution in [3.05, 3.63) is 58.6 Å². The molecule has 0 atom stereocenters. The van der Waals surface area contributed by atoms with Crippen LogP contribution in [-0.2, 0) is 0 Å². The fourth-order valence-corrected chi connectivity index (χ4v) is 2.04. The van der Waals surface area contributed by atoms with Crippen molar-refractivity contribution in [2.45, 2.75) is 20.3 Å². The van der Waals surface area contributed by atoms with Crippen LogP contribution >= 0.6 is 11.6 Å². The number of carbonyl (C=O) groups excluding carboxylic acids is 1. The van der Waals surface area contributed by atoms with E-state index in [4.69, 9.17) is 16.3 Å². The summed E-state index contributed by atoms with van der Waals surface area (Å²) in [6, 6.07) is 12.6. The minimum Gasteiger partial charge on any atom is -0.494 e. The van der Waals surface area contributed by atoms with Crippen molar-refractivity contribution in [1.29, 1.82) is 0 Å². The van der Waals surface area contributed by atoms with Crippen LogP contribution < -0.4 is 10.1 Å². The number of ether oxygens (including phenoxy) is 1. The Hall–Kier alpha value is -2.00. The van der Waals surface area contributed by atoms with Gasteiger partial charge in [0.15, 0.2) is 0 Å². The highest BCUT2D eigenvalue weighted by Gasteiger charge is 2.09. The van der Waals surface area contributed by atoms with Crippen molar-refractivity contribution >= 4 is 23.2 Å². The predicted molar refractivity (Wildman–Crippen MR) is 86.4 cm³/mol. The van der Waals surface area contributed by atoms with Crippen molar-refractivity contribution in [2.75, 3.05) is 11.9 Å². The molecule has 0 saturated heterocycles. The molecule has 0 fully saturated rings. The van der Waals surface area contributed by atoms with Gasteiger partial charge in [-0.1, -0.05) is 30.7 Å². The van der Waals surface area contributed by atoms with Gasteiger partial charge in [-0.25, -0.2) is 0 Å². The number of benzene rings is 2. The number of rotatable bonds is 5. The summed E-state index contributed by atoms with van der Waals surface area (Å²) < 4.78 is 5.54. The molecule has 3 nitrogen and oxygen atoms in total. The molecule has 0 aliphatic carbocycles. The lowest BCUT2D eigenvalue weighted by Gasteiger charge is -2.10. The molecular weight excluding hydrogens is 286 g/mol. The van der Waals surface area contributed by atoms with Crippen LogP contribution in [0.25, 0.3) is 0 Å². The van der Waals surface area contributed by atoms with Gasteiger partial charge in [0, 0.05) is 16.3 Å². The summed E-state index contributed by atoms with van der Waals surface area (Å²) in [6.07, 6.45) is 0.929. The van der Waals surface area contributed by atoms with E-state index in [0.717, 1.165) is 12.0 Å². The summed E-state index contributed by atoms with van der Waals surface area (Å²) in [5.41, 5.74) is 2.24. The first-order valence-electron chi connectivity index (χ1n) is 6.90. The molecule has 0 aliphatic heterocycles. The van der Waals surface area contributed by atoms with Crippen LogP contribution in [0.1, 0.15) is 29.3 Å². The average molecular weight is 304 g/mol. The van der Waals surface area contributed by atoms with E-state index >= 15 is 0 Å². The molecule has 0 spiro atoms. The average Bonchev–Trinajstić information content (AvgIpc) is 2.49. The molecule has 0 saturated carbocycles. The number of nitrogens with one attached hydrogen (secondary N) is 1. The lowest BCUT2D eigenvalue weighted by molar-refractivity contribution is 0.102. The van der Waals surface area contributed by atoms with Crippen LogP contribution in [0.15, 0.2) is 42.5 Å². The summed E-state index contributed by atoms with van der Waals surface area (Å²) in [4.78, 5) is 12.3. The molecular formula is C17H18ClNO2. The standard InChI is InChI=1S/C17H18ClNO2/c1-3-9-21-15-6-4-5-13(10-15)17(20)19-16-11-14(18)8-7-12(16)2/h4-8,10-11H,3,9H2,1-2H3,(H,19,20). The number of aryl methyl sites for hydroxylation is 1. The molecule has 0 radical (unpaired) electrons. The van der Waals surface area contributed by atoms with Gasteiger partial charge < -0.3 is 10.1 Å². The highest BCUT2D eigenvalue weighted by molar-refractivity contribution is 6.31. The maximum atomic E-state index is 12.3. The number of amides is 1. The zero-order valence-corrected chi connectivity index (χ0v) is 12.9. The third kappa shape index (κ3) is 4.23. The Bertz CT molecular complexity index is 640. The zero-order chi connectivity index (χ0) is 15.2. The molecule has 1 N–H and O–H groups in total. The number of hydrogen-bond donors (Lipinski definition) is 1. The molecule has 0 unspecified atom stereocenters. The van der Waals surface area contributed by atoms with E-state index in [9.17, 15) is 4.79 Å². The van der Waals surface area contributed by atoms with E-state index in [1.54, 1.807) is 24.3 Å². The minimum absolute atomic E-state index is 0.178. The summed E-state index contributed by atoms with van der Waals surface area (Å²) in [6.45, 7) is 4.60. The molecule has 21 heavy (non-hydrogen) atoms. The van der Waals surface area contributed by atoms with Gasteiger partial charge in [0.05, 0.1) is 6.61 Å². The summed E-state index contributed by atoms with van der Waals surface area (Å²) in [5.74, 6) is 0.523. The van der Waals surface area contributed by atoms with Crippen LogP contribution in [0.3, 0.4) is 0 Å². The van der Waals surface area contributed by atoms with Gasteiger partial charge in [-0.05, 0) is 49.2 Å². The lowest BCUT2D eigenvalue weighted by atomic mass is 10.1. The minimum atomic E-state index is -0.178. The van der Waals surface area contributed by atoms with Crippen molar-refractivity contribution in [3.8, 4) is 5.75 Å². The highest BCUT2D eigenvalue weighted by Crippen LogP contribution is 2.21. The van der Waals surface area contributed by atoms with E-state index in [1.165, 1.54) is 0 Å². The number of hydrogen-bond acceptors (Lipinski definition) is 2. The van der Waals surface area contributed by atoms with Crippen LogP contribution in [0.2, 0.25) is 5.02 Å². The fourth-order valence-electron chi connectivity index (χ4n) is 1.87. The quantitative estimate of drug-likeness (QED) is 0.870. The van der Waals surface area contributed by atoms with Crippen LogP contribution in [0.4, 0.5) is 5.69 Å². The molecule has 0 aromatic heterocycles. The Kier molecular flexibility index (Phi) is 5.23. The van der Waals surface area contributed by atoms with Gasteiger partial charge in [0.1, 0.15) is 5.75 Å². The van der Waals surface area contributed by atoms with Crippen LogP contribution in [0, 0.1) is 6.92 Å². The Morgan fingerprint density at radius 3 is 2.81 bits per heavy atom. The Morgan fingerprint density at radius 1 is 1.24 bits per heavy atom. The monoisotopic (exact) mass is 303 g/mol. The van der Waals surface area contributed by atoms with E-state index in [0.29, 0.717) is 28.6 Å². The largest absolute Gasteiger partial charge is 0.494 e. The predicted octanol–water partition coefficient (Wildman–Crippen LogP) is 4.69. The normalized spacial score (nSPS) is 10.2. The van der Waals surface area contributed by atoms with Gasteiger partial charge in [0.25, 0.3) is 5.91 Å². The third-order valence-electron chi connectivity index (χ3n) is 3.02. The van der Waals surface area contributed by atoms with Crippen molar-refractivity contribution in [1.82, 2.24) is 0 Å². The zero-order valence-electron chi connectivity index (χ0n) is 12.2. The van der Waals surface area contributed by atoms with E-state index in [2.05, 4.69) is 5.32 Å². The van der Waals surface area contributed by atoms with E-state index in [1.807, 2.05) is 32.0 Å². The van der Waals surface area contributed by atoms with Gasteiger partial charge >= 0.3 is 0 Å². The molecule has 2 rings (SSSR count). The molecule has 0 aliphatic rings. The molecule has 2 aromatic carbocycles. The molecule has 4 heteroatoms. The van der Waals surface area contributed by atoms with Crippen LogP contribution in [0.5, 0.6) is 5.75 Å². The molecule has 0 bridgehead atoms. The fraction of sp³-hybridized carbons (Fsp3) is 0.235. The van der Waals surface area contributed by atoms with Gasteiger partial charge in [0.2, 0.25) is 0 Å². The first kappa shape index (κ1) is 15.4. The second kappa shape index (κ2) is 7.14. The topological polar surface area (TPSA) is 38.3 Å². The highest BCUT2D eigenvalue weighted by atomic mass is 35.5. The second-order valence-corrected chi connectivity index (χ2v) is 5.23. The second-order valence-electron chi connectivity index (χ2n) is 4.79. The Balaban J connectivity index is 2.14. The lowest BCUT2D eigenvalue weighted by Crippen LogP contribution is -2.13. The summed E-state index contributed by atoms with van der Waals surface area (Å²) in [7, 11) is 0. The van der Waals surface area contributed by atoms with Gasteiger partial charge in [-0.15, -0.1) is 0 Å². The molecule has 110 valence electrons. The van der Waals surface area contributed by atoms with E-state index < -0.39 is 0 Å². The molecule has 2 aromatic rings. The smallest absolute Gasteiger partial charge is 0.255 e. The molecule has 1 amide bonds. The number of carbonyl (C=O) groups is 1. The Labute approximate surface area is 129 Å². The first-order chi connectivity index (χ1) is 10.1. The van der Waals surface area contributed by atoms with Gasteiger partial charge in [-0.2, -0.15) is 0 Å². The summed E-state index contributed by atoms with van der Waals surface area (Å²) >= 11 is 5.96. The number of anilines is 1. The van der Waals surface area contributed by atoms with Crippen LogP contribution in [-0.4, -0.2) is 12.5 Å². The third-order valence-corrected chi connectivity index (χ3v) is 3.25. The van der Waals surface area contributed by atoms with Crippen molar-refractivity contribution in [3.63, 3.8) is 0 Å². The first-order valence-corrected chi connectivity index (χ1v) is 7.28. The maximum Gasteiger partial charge on any atom is 0.255 e. The maximum absolute atomic E-state index is 12.3. The molecule has 0 heterocycles. The number of halogens is 1. The summed E-state index contributed by atoms with van der Waals surface area (Å²) in [5, 5.41) is 3.47. The SMILES string of the molecule is CCCOc1cccc(C(=O)Nc2cc(Cl)ccc2C)c1. The Morgan fingerprint density at radius 2 is 2.05 bits per heavy atom. The van der Waals surface area contributed by atoms with E-state index in [-0.39, 0.29) is 5.91 Å².